The van der Waals surface area contributed by atoms with E-state index in [-0.39, 0.29) is 24.0 Å². The lowest BCUT2D eigenvalue weighted by molar-refractivity contribution is -0.131. The third-order valence-electron chi connectivity index (χ3n) is 6.04. The summed E-state index contributed by atoms with van der Waals surface area (Å²) in [6.45, 7) is 7.46. The Balaban J connectivity index is 1.67. The van der Waals surface area contributed by atoms with Gasteiger partial charge in [-0.3, -0.25) is 14.5 Å². The molecule has 8 heteroatoms. The number of nitriles is 1. The number of thiophene rings is 1. The predicted octanol–water partition coefficient (Wildman–Crippen LogP) is 4.81. The molecule has 0 radical (unpaired) electrons. The Hall–Kier alpha value is -3.18. The second-order valence-corrected chi connectivity index (χ2v) is 11.1. The molecule has 1 aromatic carbocycles. The lowest BCUT2D eigenvalue weighted by atomic mass is 9.85. The Morgan fingerprint density at radius 2 is 1.91 bits per heavy atom. The number of nitrogens with one attached hydrogen (secondary N) is 1. The highest BCUT2D eigenvalue weighted by molar-refractivity contribution is 7.12. The van der Waals surface area contributed by atoms with Crippen LogP contribution in [-0.4, -0.2) is 46.9 Å². The number of aryl methyl sites for hydroxylation is 1. The molecule has 0 saturated carbocycles. The third kappa shape index (κ3) is 7.40. The fraction of sp³-hybridized carbons (Fsp3) is 0.481. The second kappa shape index (κ2) is 11.5. The van der Waals surface area contributed by atoms with Crippen molar-refractivity contribution in [3.05, 3.63) is 57.8 Å². The minimum absolute atomic E-state index is 0.0931. The minimum Gasteiger partial charge on any atom is -0.444 e. The Bertz CT molecular complexity index is 1080. The van der Waals surface area contributed by atoms with Crippen LogP contribution in [0.5, 0.6) is 0 Å². The van der Waals surface area contributed by atoms with E-state index in [0.29, 0.717) is 24.3 Å². The highest BCUT2D eigenvalue weighted by Gasteiger charge is 2.39. The van der Waals surface area contributed by atoms with Crippen LogP contribution in [0.1, 0.15) is 68.2 Å². The fourth-order valence-corrected chi connectivity index (χ4v) is 5.01. The molecule has 186 valence electrons. The van der Waals surface area contributed by atoms with Gasteiger partial charge in [-0.2, -0.15) is 5.26 Å². The van der Waals surface area contributed by atoms with Crippen LogP contribution in [0, 0.1) is 11.3 Å². The summed E-state index contributed by atoms with van der Waals surface area (Å²) in [5.41, 5.74) is 0.455. The van der Waals surface area contributed by atoms with E-state index in [4.69, 9.17) is 10.00 Å². The summed E-state index contributed by atoms with van der Waals surface area (Å²) in [5.74, 6) is -0.311. The summed E-state index contributed by atoms with van der Waals surface area (Å²) in [6.07, 6.45) is 1.46. The van der Waals surface area contributed by atoms with E-state index in [2.05, 4.69) is 11.4 Å². The Kier molecular flexibility index (Phi) is 8.68. The molecule has 1 fully saturated rings. The van der Waals surface area contributed by atoms with Crippen molar-refractivity contribution in [1.82, 2.24) is 10.2 Å². The number of Topliss-reactive ketones (excluding diaryl/α,β-unsaturated/α-hetero) is 1. The van der Waals surface area contributed by atoms with Crippen molar-refractivity contribution in [2.24, 2.45) is 0 Å². The Morgan fingerprint density at radius 3 is 2.54 bits per heavy atom. The van der Waals surface area contributed by atoms with E-state index < -0.39 is 23.8 Å². The molecule has 1 aromatic heterocycles. The molecule has 1 aliphatic rings. The first kappa shape index (κ1) is 26.4. The molecule has 2 amide bonds. The first-order chi connectivity index (χ1) is 16.6. The number of ketones is 1. The van der Waals surface area contributed by atoms with E-state index in [0.717, 1.165) is 16.9 Å². The van der Waals surface area contributed by atoms with Crippen molar-refractivity contribution in [2.45, 2.75) is 77.0 Å². The van der Waals surface area contributed by atoms with Crippen LogP contribution in [0.3, 0.4) is 0 Å². The smallest absolute Gasteiger partial charge is 0.410 e. The molecule has 1 aliphatic heterocycles. The maximum atomic E-state index is 13.3. The molecule has 1 saturated heterocycles. The average molecular weight is 496 g/mol. The van der Waals surface area contributed by atoms with Gasteiger partial charge in [-0.15, -0.1) is 11.3 Å². The number of benzene rings is 1. The van der Waals surface area contributed by atoms with Gasteiger partial charge >= 0.3 is 6.09 Å². The van der Waals surface area contributed by atoms with Gasteiger partial charge in [0.15, 0.2) is 5.78 Å². The van der Waals surface area contributed by atoms with Crippen molar-refractivity contribution in [3.63, 3.8) is 0 Å². The maximum absolute atomic E-state index is 13.3. The number of nitrogens with zero attached hydrogens (tertiary/aromatic N) is 2. The zero-order valence-electron chi connectivity index (χ0n) is 20.7. The molecular weight excluding hydrogens is 462 g/mol. The van der Waals surface area contributed by atoms with Gasteiger partial charge in [0.2, 0.25) is 5.91 Å². The predicted molar refractivity (Wildman–Crippen MR) is 135 cm³/mol. The van der Waals surface area contributed by atoms with Crippen LogP contribution in [0.15, 0.2) is 42.5 Å². The average Bonchev–Trinajstić information content (AvgIpc) is 3.29. The summed E-state index contributed by atoms with van der Waals surface area (Å²) in [5, 5.41) is 11.8. The first-order valence-electron chi connectivity index (χ1n) is 11.9. The van der Waals surface area contributed by atoms with E-state index >= 15 is 0 Å². The number of piperidine rings is 1. The van der Waals surface area contributed by atoms with Crippen molar-refractivity contribution < 1.29 is 19.1 Å². The molecule has 1 N–H and O–H groups in total. The van der Waals surface area contributed by atoms with E-state index in [1.165, 1.54) is 16.2 Å². The number of carbonyl (C=O) groups is 3. The van der Waals surface area contributed by atoms with E-state index in [1.54, 1.807) is 33.8 Å². The first-order valence-corrected chi connectivity index (χ1v) is 12.8. The monoisotopic (exact) mass is 495 g/mol. The fourth-order valence-electron chi connectivity index (χ4n) is 4.21. The van der Waals surface area contributed by atoms with Gasteiger partial charge in [0, 0.05) is 17.8 Å². The molecular formula is C27H33N3O4S. The van der Waals surface area contributed by atoms with Gasteiger partial charge in [0.1, 0.15) is 22.6 Å². The number of amides is 2. The van der Waals surface area contributed by atoms with Gasteiger partial charge in [0.05, 0.1) is 6.04 Å². The molecule has 7 nitrogen and oxygen atoms in total. The summed E-state index contributed by atoms with van der Waals surface area (Å²) in [4.78, 5) is 42.0. The normalized spacial score (nSPS) is 18.9. The van der Waals surface area contributed by atoms with E-state index in [1.807, 2.05) is 36.4 Å². The summed E-state index contributed by atoms with van der Waals surface area (Å²) in [6, 6.07) is 14.3. The molecule has 0 bridgehead atoms. The number of hydrogen-bond acceptors (Lipinski definition) is 6. The van der Waals surface area contributed by atoms with Gasteiger partial charge in [-0.25, -0.2) is 4.79 Å². The molecule has 0 aliphatic carbocycles. The van der Waals surface area contributed by atoms with Gasteiger partial charge in [-0.05, 0) is 70.6 Å². The van der Waals surface area contributed by atoms with Crippen LogP contribution in [0.2, 0.25) is 0 Å². The molecule has 35 heavy (non-hydrogen) atoms. The van der Waals surface area contributed by atoms with Crippen molar-refractivity contribution in [1.29, 1.82) is 5.26 Å². The van der Waals surface area contributed by atoms with Crippen LogP contribution < -0.4 is 5.32 Å². The number of hydrogen-bond donors (Lipinski definition) is 1. The van der Waals surface area contributed by atoms with Crippen molar-refractivity contribution >= 4 is 29.1 Å². The lowest BCUT2D eigenvalue weighted by Gasteiger charge is -2.39. The summed E-state index contributed by atoms with van der Waals surface area (Å²) in [7, 11) is 0. The molecule has 3 atom stereocenters. The Labute approximate surface area is 211 Å². The zero-order valence-corrected chi connectivity index (χ0v) is 21.6. The largest absolute Gasteiger partial charge is 0.444 e. The highest BCUT2D eigenvalue weighted by atomic mass is 32.1. The second-order valence-electron chi connectivity index (χ2n) is 9.90. The standard InChI is InChI=1S/C27H33N3O4S/c1-18(24(31)13-12-21-10-11-22(17-28)35-21)29-25(32)23-16-20(19-8-6-5-7-9-19)14-15-30(23)26(33)34-27(2,3)4/h5-11,18,20,23H,12-16H2,1-4H3,(H,29,32)/t18-,20-,23+/m0/s1. The molecule has 0 spiro atoms. The van der Waals surface area contributed by atoms with Crippen LogP contribution in [-0.2, 0) is 20.7 Å². The van der Waals surface area contributed by atoms with Crippen LogP contribution in [0.4, 0.5) is 4.79 Å². The maximum Gasteiger partial charge on any atom is 0.410 e. The topological polar surface area (TPSA) is 99.5 Å². The van der Waals surface area contributed by atoms with Crippen LogP contribution >= 0.6 is 11.3 Å². The number of carbonyl (C=O) groups excluding carboxylic acids is 3. The minimum atomic E-state index is -0.727. The zero-order chi connectivity index (χ0) is 25.6. The number of rotatable bonds is 7. The quantitative estimate of drug-likeness (QED) is 0.594. The van der Waals surface area contributed by atoms with Crippen LogP contribution in [0.25, 0.3) is 0 Å². The van der Waals surface area contributed by atoms with Gasteiger partial charge < -0.3 is 10.1 Å². The number of ether oxygens (including phenoxy) is 1. The van der Waals surface area contributed by atoms with E-state index in [9.17, 15) is 14.4 Å². The van der Waals surface area contributed by atoms with Crippen molar-refractivity contribution in [2.75, 3.05) is 6.54 Å². The van der Waals surface area contributed by atoms with Gasteiger partial charge in [-0.1, -0.05) is 30.3 Å². The molecule has 2 heterocycles. The highest BCUT2D eigenvalue weighted by Crippen LogP contribution is 2.32. The summed E-state index contributed by atoms with van der Waals surface area (Å²) >= 11 is 1.37. The number of likely N-dealkylation sites (tertiary alicyclic amines) is 1. The SMILES string of the molecule is C[C@H](NC(=O)[C@H]1C[C@@H](c2ccccc2)CCN1C(=O)OC(C)(C)C)C(=O)CCc1ccc(C#N)s1. The third-order valence-corrected chi connectivity index (χ3v) is 7.09. The molecule has 2 aromatic rings. The lowest BCUT2D eigenvalue weighted by Crippen LogP contribution is -2.56. The summed E-state index contributed by atoms with van der Waals surface area (Å²) < 4.78 is 5.57. The molecule has 3 rings (SSSR count). The molecule has 0 unspecified atom stereocenters. The van der Waals surface area contributed by atoms with Gasteiger partial charge in [0.25, 0.3) is 0 Å². The Morgan fingerprint density at radius 1 is 1.20 bits per heavy atom. The van der Waals surface area contributed by atoms with Crippen molar-refractivity contribution in [3.8, 4) is 6.07 Å².